The molecule has 0 aliphatic heterocycles. The van der Waals surface area contributed by atoms with Crippen LogP contribution in [0.25, 0.3) is 0 Å². The number of fused-ring (bicyclic) bond motifs is 1. The topological polar surface area (TPSA) is 73.0 Å². The average Bonchev–Trinajstić information content (AvgIpc) is 3.20. The first-order valence-corrected chi connectivity index (χ1v) is 9.45. The van der Waals surface area contributed by atoms with Gasteiger partial charge in [-0.15, -0.1) is 0 Å². The molecule has 0 saturated heterocycles. The van der Waals surface area contributed by atoms with Crippen LogP contribution < -0.4 is 5.32 Å². The normalized spacial score (nSPS) is 16.2. The fourth-order valence-electron chi connectivity index (χ4n) is 3.43. The number of anilines is 1. The standard InChI is InChI=1S/C20H21ClN4O2/c1-12-3-8-17-16(9-12)19(24-27-17)20(26)22-18-10-13(2)25(23-18)11-14-4-6-15(21)7-5-14/h4-7,10,12H,3,8-9,11H2,1-2H3,(H,22,23,26). The lowest BCUT2D eigenvalue weighted by Gasteiger charge is -2.16. The molecule has 1 aliphatic rings. The molecule has 1 aliphatic carbocycles. The van der Waals surface area contributed by atoms with Crippen molar-refractivity contribution in [2.75, 3.05) is 5.32 Å². The Balaban J connectivity index is 1.49. The van der Waals surface area contributed by atoms with E-state index in [9.17, 15) is 4.79 Å². The lowest BCUT2D eigenvalue weighted by molar-refractivity contribution is 0.101. The number of aryl methyl sites for hydroxylation is 2. The van der Waals surface area contributed by atoms with Crippen LogP contribution in [0.5, 0.6) is 0 Å². The maximum atomic E-state index is 12.7. The van der Waals surface area contributed by atoms with E-state index in [0.717, 1.165) is 41.8 Å². The van der Waals surface area contributed by atoms with E-state index in [2.05, 4.69) is 22.5 Å². The van der Waals surface area contributed by atoms with Gasteiger partial charge in [0, 0.05) is 28.8 Å². The number of halogens is 1. The summed E-state index contributed by atoms with van der Waals surface area (Å²) in [5.74, 6) is 1.60. The molecular weight excluding hydrogens is 364 g/mol. The Labute approximate surface area is 162 Å². The van der Waals surface area contributed by atoms with Crippen LogP contribution in [0, 0.1) is 12.8 Å². The maximum Gasteiger partial charge on any atom is 0.279 e. The van der Waals surface area contributed by atoms with Crippen molar-refractivity contribution in [2.24, 2.45) is 5.92 Å². The van der Waals surface area contributed by atoms with E-state index in [-0.39, 0.29) is 5.91 Å². The summed E-state index contributed by atoms with van der Waals surface area (Å²) in [6, 6.07) is 9.48. The van der Waals surface area contributed by atoms with E-state index in [0.29, 0.717) is 29.0 Å². The van der Waals surface area contributed by atoms with Crippen molar-refractivity contribution in [3.05, 3.63) is 63.6 Å². The zero-order valence-corrected chi connectivity index (χ0v) is 16.1. The van der Waals surface area contributed by atoms with Crippen molar-refractivity contribution >= 4 is 23.3 Å². The Morgan fingerprint density at radius 3 is 2.93 bits per heavy atom. The van der Waals surface area contributed by atoms with E-state index in [4.69, 9.17) is 16.1 Å². The van der Waals surface area contributed by atoms with Gasteiger partial charge in [-0.1, -0.05) is 35.8 Å². The third kappa shape index (κ3) is 3.76. The molecule has 4 rings (SSSR count). The second-order valence-corrected chi connectivity index (χ2v) is 7.63. The lowest BCUT2D eigenvalue weighted by Crippen LogP contribution is -2.18. The van der Waals surface area contributed by atoms with Crippen LogP contribution in [-0.4, -0.2) is 20.8 Å². The summed E-state index contributed by atoms with van der Waals surface area (Å²) in [6.07, 6.45) is 2.73. The van der Waals surface area contributed by atoms with E-state index in [1.54, 1.807) is 0 Å². The van der Waals surface area contributed by atoms with Gasteiger partial charge in [-0.25, -0.2) is 0 Å². The lowest BCUT2D eigenvalue weighted by atomic mass is 9.88. The van der Waals surface area contributed by atoms with Crippen LogP contribution in [0.15, 0.2) is 34.9 Å². The third-order valence-electron chi connectivity index (χ3n) is 4.97. The number of nitrogens with one attached hydrogen (secondary N) is 1. The second-order valence-electron chi connectivity index (χ2n) is 7.19. The molecule has 3 aromatic rings. The molecule has 1 aromatic carbocycles. The third-order valence-corrected chi connectivity index (χ3v) is 5.22. The van der Waals surface area contributed by atoms with Crippen molar-refractivity contribution < 1.29 is 9.32 Å². The zero-order valence-electron chi connectivity index (χ0n) is 15.3. The number of hydrogen-bond acceptors (Lipinski definition) is 4. The minimum Gasteiger partial charge on any atom is -0.360 e. The monoisotopic (exact) mass is 384 g/mol. The molecular formula is C20H21ClN4O2. The Hall–Kier alpha value is -2.60. The first-order valence-electron chi connectivity index (χ1n) is 9.07. The molecule has 140 valence electrons. The number of carbonyl (C=O) groups excluding carboxylic acids is 1. The molecule has 0 saturated carbocycles. The number of amides is 1. The summed E-state index contributed by atoms with van der Waals surface area (Å²) in [4.78, 5) is 12.7. The molecule has 1 atom stereocenters. The molecule has 0 bridgehead atoms. The van der Waals surface area contributed by atoms with Crippen molar-refractivity contribution in [3.63, 3.8) is 0 Å². The summed E-state index contributed by atoms with van der Waals surface area (Å²) in [6.45, 7) is 4.74. The summed E-state index contributed by atoms with van der Waals surface area (Å²) >= 11 is 5.93. The molecule has 1 N–H and O–H groups in total. The van der Waals surface area contributed by atoms with Crippen molar-refractivity contribution in [2.45, 2.75) is 39.7 Å². The van der Waals surface area contributed by atoms with Crippen LogP contribution in [0.4, 0.5) is 5.82 Å². The van der Waals surface area contributed by atoms with Gasteiger partial charge in [-0.3, -0.25) is 9.48 Å². The van der Waals surface area contributed by atoms with Gasteiger partial charge in [0.15, 0.2) is 11.5 Å². The van der Waals surface area contributed by atoms with Crippen LogP contribution >= 0.6 is 11.6 Å². The van der Waals surface area contributed by atoms with Gasteiger partial charge in [-0.2, -0.15) is 5.10 Å². The number of nitrogens with zero attached hydrogens (tertiary/aromatic N) is 3. The Kier molecular flexibility index (Phi) is 4.74. The van der Waals surface area contributed by atoms with Crippen molar-refractivity contribution in [1.82, 2.24) is 14.9 Å². The molecule has 1 unspecified atom stereocenters. The van der Waals surface area contributed by atoms with Gasteiger partial charge < -0.3 is 9.84 Å². The fraction of sp³-hybridized carbons (Fsp3) is 0.350. The number of carbonyl (C=O) groups is 1. The highest BCUT2D eigenvalue weighted by Crippen LogP contribution is 2.28. The Morgan fingerprint density at radius 1 is 1.37 bits per heavy atom. The highest BCUT2D eigenvalue weighted by atomic mass is 35.5. The largest absolute Gasteiger partial charge is 0.360 e. The first kappa shape index (κ1) is 17.8. The SMILES string of the molecule is Cc1cc(NC(=O)c2noc3c2CC(C)CC3)nn1Cc1ccc(Cl)cc1. The Morgan fingerprint density at radius 2 is 2.15 bits per heavy atom. The molecule has 2 heterocycles. The summed E-state index contributed by atoms with van der Waals surface area (Å²) in [7, 11) is 0. The van der Waals surface area contributed by atoms with Crippen LogP contribution in [0.3, 0.4) is 0 Å². The first-order chi connectivity index (χ1) is 13.0. The quantitative estimate of drug-likeness (QED) is 0.729. The molecule has 0 spiro atoms. The zero-order chi connectivity index (χ0) is 19.0. The molecule has 6 nitrogen and oxygen atoms in total. The second kappa shape index (κ2) is 7.19. The predicted octanol–water partition coefficient (Wildman–Crippen LogP) is 4.26. The van der Waals surface area contributed by atoms with Gasteiger partial charge in [0.05, 0.1) is 6.54 Å². The van der Waals surface area contributed by atoms with E-state index < -0.39 is 0 Å². The minimum absolute atomic E-state index is 0.273. The van der Waals surface area contributed by atoms with Crippen LogP contribution in [0.1, 0.15) is 46.4 Å². The van der Waals surface area contributed by atoms with Crippen molar-refractivity contribution in [3.8, 4) is 0 Å². The minimum atomic E-state index is -0.273. The molecule has 1 amide bonds. The van der Waals surface area contributed by atoms with E-state index in [1.807, 2.05) is 41.9 Å². The smallest absolute Gasteiger partial charge is 0.279 e. The number of aromatic nitrogens is 3. The molecule has 2 aromatic heterocycles. The van der Waals surface area contributed by atoms with E-state index in [1.165, 1.54) is 0 Å². The average molecular weight is 385 g/mol. The number of hydrogen-bond donors (Lipinski definition) is 1. The molecule has 0 radical (unpaired) electrons. The predicted molar refractivity (Wildman–Crippen MR) is 103 cm³/mol. The summed E-state index contributed by atoms with van der Waals surface area (Å²) < 4.78 is 7.21. The fourth-order valence-corrected chi connectivity index (χ4v) is 3.55. The Bertz CT molecular complexity index is 975. The van der Waals surface area contributed by atoms with Gasteiger partial charge in [0.1, 0.15) is 5.76 Å². The summed E-state index contributed by atoms with van der Waals surface area (Å²) in [5, 5.41) is 12.1. The van der Waals surface area contributed by atoms with Gasteiger partial charge in [0.2, 0.25) is 0 Å². The van der Waals surface area contributed by atoms with Gasteiger partial charge >= 0.3 is 0 Å². The molecule has 0 fully saturated rings. The number of benzene rings is 1. The maximum absolute atomic E-state index is 12.7. The van der Waals surface area contributed by atoms with E-state index >= 15 is 0 Å². The highest BCUT2D eigenvalue weighted by Gasteiger charge is 2.27. The van der Waals surface area contributed by atoms with Gasteiger partial charge in [0.25, 0.3) is 5.91 Å². The van der Waals surface area contributed by atoms with Crippen LogP contribution in [-0.2, 0) is 19.4 Å². The highest BCUT2D eigenvalue weighted by molar-refractivity contribution is 6.30. The number of rotatable bonds is 4. The molecule has 7 heteroatoms. The molecule has 27 heavy (non-hydrogen) atoms. The van der Waals surface area contributed by atoms with Crippen molar-refractivity contribution in [1.29, 1.82) is 0 Å². The van der Waals surface area contributed by atoms with Crippen LogP contribution in [0.2, 0.25) is 5.02 Å². The summed E-state index contributed by atoms with van der Waals surface area (Å²) in [5.41, 5.74) is 3.35. The van der Waals surface area contributed by atoms with Gasteiger partial charge in [-0.05, 0) is 43.4 Å².